The fraction of sp³-hybridized carbons (Fsp3) is 0.391. The van der Waals surface area contributed by atoms with Crippen molar-refractivity contribution in [2.45, 2.75) is 45.1 Å². The molecule has 5 rings (SSSR count). The number of carbonyl (C=O) groups is 2. The lowest BCUT2D eigenvalue weighted by Crippen LogP contribution is -2.36. The van der Waals surface area contributed by atoms with E-state index in [0.717, 1.165) is 51.8 Å². The largest absolute Gasteiger partial charge is 0.348 e. The van der Waals surface area contributed by atoms with Gasteiger partial charge < -0.3 is 10.6 Å². The summed E-state index contributed by atoms with van der Waals surface area (Å²) in [6.45, 7) is 1.99. The van der Waals surface area contributed by atoms with Gasteiger partial charge in [-0.05, 0) is 56.2 Å². The average molecular weight is 523 g/mol. The summed E-state index contributed by atoms with van der Waals surface area (Å²) in [5.74, 6) is -0.601. The molecule has 10 heteroatoms. The van der Waals surface area contributed by atoms with Crippen LogP contribution in [0.25, 0.3) is 10.1 Å². The minimum Gasteiger partial charge on any atom is -0.348 e. The summed E-state index contributed by atoms with van der Waals surface area (Å²) < 4.78 is 24.6. The molecule has 2 amide bonds. The predicted molar refractivity (Wildman–Crippen MR) is 135 cm³/mol. The second-order valence-corrected chi connectivity index (χ2v) is 13.5. The van der Waals surface area contributed by atoms with Crippen molar-refractivity contribution in [3.63, 3.8) is 0 Å². The highest BCUT2D eigenvalue weighted by Gasteiger charge is 2.32. The van der Waals surface area contributed by atoms with Crippen molar-refractivity contribution in [3.8, 4) is 0 Å². The van der Waals surface area contributed by atoms with Gasteiger partial charge in [0.1, 0.15) is 9.88 Å². The molecule has 1 fully saturated rings. The molecule has 1 aliphatic heterocycles. The number of nitrogens with one attached hydrogen (secondary N) is 2. The Bertz CT molecular complexity index is 1390. The van der Waals surface area contributed by atoms with Gasteiger partial charge in [0.25, 0.3) is 11.8 Å². The van der Waals surface area contributed by atoms with Crippen LogP contribution in [0.5, 0.6) is 0 Å². The van der Waals surface area contributed by atoms with E-state index >= 15 is 0 Å². The summed E-state index contributed by atoms with van der Waals surface area (Å²) in [6, 6.07) is 5.48. The van der Waals surface area contributed by atoms with Gasteiger partial charge in [-0.2, -0.15) is 0 Å². The van der Waals surface area contributed by atoms with E-state index in [9.17, 15) is 18.0 Å². The molecular weight excluding hydrogens is 500 g/mol. The first-order valence-electron chi connectivity index (χ1n) is 10.9. The van der Waals surface area contributed by atoms with Crippen molar-refractivity contribution in [1.82, 2.24) is 5.32 Å². The molecule has 33 heavy (non-hydrogen) atoms. The van der Waals surface area contributed by atoms with Gasteiger partial charge in [0.05, 0.1) is 22.1 Å². The van der Waals surface area contributed by atoms with Gasteiger partial charge in [-0.3, -0.25) is 9.59 Å². The normalized spacial score (nSPS) is 19.4. The quantitative estimate of drug-likeness (QED) is 0.506. The van der Waals surface area contributed by atoms with Crippen LogP contribution < -0.4 is 10.6 Å². The molecule has 6 nitrogen and oxygen atoms in total. The third-order valence-electron chi connectivity index (χ3n) is 6.18. The maximum absolute atomic E-state index is 13.3. The van der Waals surface area contributed by atoms with Crippen LogP contribution in [0, 0.1) is 6.92 Å². The Balaban J connectivity index is 1.46. The predicted octanol–water partition coefficient (Wildman–Crippen LogP) is 4.97. The third-order valence-corrected chi connectivity index (χ3v) is 10.8. The van der Waals surface area contributed by atoms with Crippen LogP contribution in [0.15, 0.2) is 18.2 Å². The molecular formula is C23H23ClN2O4S3. The molecule has 2 aromatic heterocycles. The number of anilines is 1. The van der Waals surface area contributed by atoms with Gasteiger partial charge in [0, 0.05) is 21.0 Å². The van der Waals surface area contributed by atoms with Crippen molar-refractivity contribution >= 4 is 71.0 Å². The van der Waals surface area contributed by atoms with Gasteiger partial charge >= 0.3 is 0 Å². The monoisotopic (exact) mass is 522 g/mol. The Morgan fingerprint density at radius 3 is 2.67 bits per heavy atom. The molecule has 1 aliphatic carbocycles. The standard InChI is InChI=1S/C23H23ClN2O4S3/c1-12-6-7-15-17(10-12)31-20(19(15)24)22(28)26-23-18(14-4-2-3-5-16(14)32-23)21(27)25-13-8-9-33(29,30)11-13/h6-7,10,13H,2-5,8-9,11H2,1H3,(H,25,27)(H,26,28). The van der Waals surface area contributed by atoms with Crippen molar-refractivity contribution < 1.29 is 18.0 Å². The molecule has 0 bridgehead atoms. The van der Waals surface area contributed by atoms with Crippen LogP contribution in [0.4, 0.5) is 5.00 Å². The van der Waals surface area contributed by atoms with E-state index in [4.69, 9.17) is 11.6 Å². The zero-order valence-corrected chi connectivity index (χ0v) is 21.2. The molecule has 1 unspecified atom stereocenters. The molecule has 3 aromatic rings. The first kappa shape index (κ1) is 22.8. The number of hydrogen-bond acceptors (Lipinski definition) is 6. The Labute approximate surface area is 205 Å². The van der Waals surface area contributed by atoms with E-state index in [2.05, 4.69) is 10.6 Å². The Morgan fingerprint density at radius 2 is 1.91 bits per heavy atom. The van der Waals surface area contributed by atoms with Gasteiger partial charge in [0.2, 0.25) is 0 Å². The lowest BCUT2D eigenvalue weighted by molar-refractivity contribution is 0.0941. The summed E-state index contributed by atoms with van der Waals surface area (Å²) >= 11 is 9.30. The smallest absolute Gasteiger partial charge is 0.267 e. The van der Waals surface area contributed by atoms with E-state index in [-0.39, 0.29) is 23.3 Å². The minimum atomic E-state index is -3.11. The number of thiophene rings is 2. The molecule has 0 saturated carbocycles. The molecule has 174 valence electrons. The summed E-state index contributed by atoms with van der Waals surface area (Å²) in [4.78, 5) is 28.0. The van der Waals surface area contributed by atoms with Gasteiger partial charge in [-0.25, -0.2) is 8.42 Å². The molecule has 2 N–H and O–H groups in total. The SMILES string of the molecule is Cc1ccc2c(Cl)c(C(=O)Nc3sc4c(c3C(=O)NC3CCS(=O)(=O)C3)CCCC4)sc2c1. The zero-order valence-electron chi connectivity index (χ0n) is 18.0. The first-order chi connectivity index (χ1) is 15.7. The number of rotatable bonds is 4. The third kappa shape index (κ3) is 4.43. The number of benzene rings is 1. The summed E-state index contributed by atoms with van der Waals surface area (Å²) in [7, 11) is -3.11. The van der Waals surface area contributed by atoms with E-state index in [1.165, 1.54) is 22.7 Å². The van der Waals surface area contributed by atoms with Gasteiger partial charge in [-0.15, -0.1) is 22.7 Å². The number of sulfone groups is 1. The van der Waals surface area contributed by atoms with Crippen LogP contribution in [0.2, 0.25) is 5.02 Å². The maximum Gasteiger partial charge on any atom is 0.267 e. The highest BCUT2D eigenvalue weighted by Crippen LogP contribution is 2.40. The number of aryl methyl sites for hydroxylation is 2. The summed E-state index contributed by atoms with van der Waals surface area (Å²) in [5, 5.41) is 7.60. The van der Waals surface area contributed by atoms with Crippen molar-refractivity contribution in [2.75, 3.05) is 16.8 Å². The van der Waals surface area contributed by atoms with Crippen molar-refractivity contribution in [2.24, 2.45) is 0 Å². The van der Waals surface area contributed by atoms with E-state index in [0.29, 0.717) is 26.9 Å². The van der Waals surface area contributed by atoms with Crippen molar-refractivity contribution in [1.29, 1.82) is 0 Å². The Hall–Kier alpha value is -1.94. The summed E-state index contributed by atoms with van der Waals surface area (Å²) in [5.41, 5.74) is 2.53. The number of halogens is 1. The van der Waals surface area contributed by atoms with Crippen molar-refractivity contribution in [3.05, 3.63) is 49.7 Å². The second-order valence-electron chi connectivity index (χ2n) is 8.69. The highest BCUT2D eigenvalue weighted by atomic mass is 35.5. The Morgan fingerprint density at radius 1 is 1.12 bits per heavy atom. The number of amides is 2. The highest BCUT2D eigenvalue weighted by molar-refractivity contribution is 7.91. The van der Waals surface area contributed by atoms with E-state index in [1.807, 2.05) is 25.1 Å². The molecule has 2 aliphatic rings. The second kappa shape index (κ2) is 8.69. The van der Waals surface area contributed by atoms with E-state index < -0.39 is 15.9 Å². The topological polar surface area (TPSA) is 92.3 Å². The van der Waals surface area contributed by atoms with E-state index in [1.54, 1.807) is 0 Å². The molecule has 1 atom stereocenters. The fourth-order valence-corrected chi connectivity index (χ4v) is 9.00. The molecule has 0 radical (unpaired) electrons. The lowest BCUT2D eigenvalue weighted by Gasteiger charge is -2.15. The maximum atomic E-state index is 13.3. The molecule has 3 heterocycles. The van der Waals surface area contributed by atoms with Crippen LogP contribution in [-0.4, -0.2) is 37.8 Å². The fourth-order valence-electron chi connectivity index (χ4n) is 4.54. The van der Waals surface area contributed by atoms with Crippen LogP contribution in [0.1, 0.15) is 55.3 Å². The van der Waals surface area contributed by atoms with Crippen LogP contribution >= 0.6 is 34.3 Å². The molecule has 0 spiro atoms. The van der Waals surface area contributed by atoms with Gasteiger partial charge in [0.15, 0.2) is 9.84 Å². The molecule has 1 saturated heterocycles. The van der Waals surface area contributed by atoms with Crippen LogP contribution in [-0.2, 0) is 22.7 Å². The zero-order chi connectivity index (χ0) is 23.3. The molecule has 1 aromatic carbocycles. The number of carbonyl (C=O) groups excluding carboxylic acids is 2. The number of hydrogen-bond donors (Lipinski definition) is 2. The first-order valence-corrected chi connectivity index (χ1v) is 14.7. The van der Waals surface area contributed by atoms with Gasteiger partial charge in [-0.1, -0.05) is 23.7 Å². The minimum absolute atomic E-state index is 0.0381. The number of fused-ring (bicyclic) bond motifs is 2. The lowest BCUT2D eigenvalue weighted by atomic mass is 9.95. The average Bonchev–Trinajstić information content (AvgIpc) is 3.40. The van der Waals surface area contributed by atoms with Crippen LogP contribution in [0.3, 0.4) is 0 Å². The summed E-state index contributed by atoms with van der Waals surface area (Å²) in [6.07, 6.45) is 4.09. The Kier molecular flexibility index (Phi) is 6.01.